The van der Waals surface area contributed by atoms with Crippen LogP contribution in [0, 0.1) is 0 Å². The number of likely N-dealkylation sites (N-methyl/N-ethyl adjacent to an activating group) is 1. The molecule has 0 aromatic heterocycles. The van der Waals surface area contributed by atoms with Gasteiger partial charge in [-0.3, -0.25) is 9.69 Å². The monoisotopic (exact) mass is 429 g/mol. The Kier molecular flexibility index (Phi) is 5.97. The highest BCUT2D eigenvalue weighted by molar-refractivity contribution is 8.27. The molecule has 0 atom stereocenters. The van der Waals surface area contributed by atoms with E-state index in [4.69, 9.17) is 12.2 Å². The van der Waals surface area contributed by atoms with Crippen molar-refractivity contribution in [2.24, 2.45) is 0 Å². The minimum absolute atomic E-state index is 0.0926. The number of para-hydroxylation sites is 1. The molecule has 0 bridgehead atoms. The van der Waals surface area contributed by atoms with E-state index in [1.54, 1.807) is 4.90 Å². The van der Waals surface area contributed by atoms with E-state index < -0.39 is 10.1 Å². The lowest BCUT2D eigenvalue weighted by Gasteiger charge is -2.21. The average Bonchev–Trinajstić information content (AvgIpc) is 3.08. The van der Waals surface area contributed by atoms with Crippen molar-refractivity contribution in [3.8, 4) is 0 Å². The number of hydrogen-bond donors (Lipinski definition) is 0. The van der Waals surface area contributed by atoms with E-state index in [0.29, 0.717) is 35.2 Å². The molecule has 1 fully saturated rings. The van der Waals surface area contributed by atoms with Crippen LogP contribution in [0.1, 0.15) is 19.8 Å². The second kappa shape index (κ2) is 7.89. The molecule has 2 aliphatic heterocycles. The summed E-state index contributed by atoms with van der Waals surface area (Å²) in [6.07, 6.45) is 0.826. The molecule has 26 heavy (non-hydrogen) atoms. The average molecular weight is 430 g/mol. The molecule has 0 spiro atoms. The Hall–Kier alpha value is -1.07. The zero-order valence-electron chi connectivity index (χ0n) is 14.0. The molecule has 10 heteroatoms. The number of amides is 1. The van der Waals surface area contributed by atoms with Crippen LogP contribution >= 0.6 is 35.7 Å². The zero-order valence-corrected chi connectivity index (χ0v) is 17.3. The van der Waals surface area contributed by atoms with Gasteiger partial charge in [-0.1, -0.05) is 47.9 Å². The summed E-state index contributed by atoms with van der Waals surface area (Å²) >= 11 is 8.13. The Morgan fingerprint density at radius 1 is 1.15 bits per heavy atom. The van der Waals surface area contributed by atoms with Crippen LogP contribution in [-0.2, 0) is 14.9 Å². The molecule has 1 aromatic rings. The van der Waals surface area contributed by atoms with Gasteiger partial charge in [0.1, 0.15) is 14.3 Å². The van der Waals surface area contributed by atoms with Gasteiger partial charge >= 0.3 is 0 Å². The number of unbranched alkanes of at least 4 members (excludes halogenated alkanes) is 1. The maximum atomic E-state index is 12.7. The molecule has 0 aliphatic carbocycles. The molecule has 1 saturated heterocycles. The molecular weight excluding hydrogens is 412 g/mol. The first-order valence-corrected chi connectivity index (χ1v) is 11.7. The highest BCUT2D eigenvalue weighted by atomic mass is 32.2. The summed E-state index contributed by atoms with van der Waals surface area (Å²) in [5.74, 6) is -0.465. The number of carbonyl (C=O) groups is 1. The molecule has 6 nitrogen and oxygen atoms in total. The van der Waals surface area contributed by atoms with Crippen LogP contribution in [0.4, 0.5) is 5.69 Å². The fraction of sp³-hybridized carbons (Fsp3) is 0.375. The predicted octanol–water partition coefficient (Wildman–Crippen LogP) is 2.97. The number of anilines is 1. The summed E-state index contributed by atoms with van der Waals surface area (Å²) in [5.41, 5.74) is 0.985. The van der Waals surface area contributed by atoms with Gasteiger partial charge in [0.15, 0.2) is 0 Å². The summed E-state index contributed by atoms with van der Waals surface area (Å²) in [4.78, 5) is 17.9. The summed E-state index contributed by atoms with van der Waals surface area (Å²) in [5, 5.41) is 0.824. The largest absolute Gasteiger partial charge is 0.748 e. The fourth-order valence-corrected chi connectivity index (χ4v) is 6.05. The van der Waals surface area contributed by atoms with Crippen LogP contribution in [0.5, 0.6) is 0 Å². The lowest BCUT2D eigenvalue weighted by atomic mass is 10.2. The number of rotatable bonds is 6. The van der Waals surface area contributed by atoms with E-state index >= 15 is 0 Å². The Morgan fingerprint density at radius 2 is 1.88 bits per heavy atom. The third-order valence-corrected chi connectivity index (χ3v) is 7.53. The van der Waals surface area contributed by atoms with Crippen LogP contribution in [0.25, 0.3) is 0 Å². The fourth-order valence-electron chi connectivity index (χ4n) is 2.77. The standard InChI is InChI=1S/C16H18N2O4S4/c1-2-17-14(19)13(25-16(17)23)15-18(9-5-6-10-26(20,21)22)11-7-3-4-8-12(11)24-15/h3-4,7-8H,2,5-6,9-10H2,1H3,(H,20,21,22)/p-1/b15-13+. The zero-order chi connectivity index (χ0) is 18.9. The number of benzene rings is 1. The Morgan fingerprint density at radius 3 is 2.54 bits per heavy atom. The molecule has 0 saturated carbocycles. The summed E-state index contributed by atoms with van der Waals surface area (Å²) in [6, 6.07) is 7.83. The van der Waals surface area contributed by atoms with Crippen molar-refractivity contribution in [3.63, 3.8) is 0 Å². The molecule has 140 valence electrons. The number of thioether (sulfide) groups is 2. The highest BCUT2D eigenvalue weighted by Crippen LogP contribution is 2.50. The van der Waals surface area contributed by atoms with E-state index in [-0.39, 0.29) is 11.7 Å². The van der Waals surface area contributed by atoms with E-state index in [9.17, 15) is 17.8 Å². The first-order valence-electron chi connectivity index (χ1n) is 8.07. The van der Waals surface area contributed by atoms with Crippen molar-refractivity contribution in [1.82, 2.24) is 4.90 Å². The second-order valence-electron chi connectivity index (χ2n) is 5.74. The van der Waals surface area contributed by atoms with E-state index in [1.165, 1.54) is 23.5 Å². The van der Waals surface area contributed by atoms with Crippen molar-refractivity contribution in [3.05, 3.63) is 34.2 Å². The van der Waals surface area contributed by atoms with Gasteiger partial charge in [-0.25, -0.2) is 8.42 Å². The molecule has 3 rings (SSSR count). The van der Waals surface area contributed by atoms with Gasteiger partial charge in [0.2, 0.25) is 0 Å². The van der Waals surface area contributed by atoms with Gasteiger partial charge in [-0.2, -0.15) is 0 Å². The van der Waals surface area contributed by atoms with Crippen LogP contribution in [0.2, 0.25) is 0 Å². The topological polar surface area (TPSA) is 80.8 Å². The van der Waals surface area contributed by atoms with E-state index in [1.807, 2.05) is 36.1 Å². The van der Waals surface area contributed by atoms with Gasteiger partial charge in [0, 0.05) is 23.7 Å². The van der Waals surface area contributed by atoms with Crippen LogP contribution < -0.4 is 4.90 Å². The van der Waals surface area contributed by atoms with Crippen LogP contribution in [0.15, 0.2) is 39.1 Å². The minimum Gasteiger partial charge on any atom is -0.748 e. The first-order chi connectivity index (χ1) is 12.3. The molecule has 2 aliphatic rings. The molecule has 2 heterocycles. The number of carbonyl (C=O) groups excluding carboxylic acids is 1. The molecule has 1 amide bonds. The maximum Gasteiger partial charge on any atom is 0.268 e. The third-order valence-electron chi connectivity index (χ3n) is 3.99. The molecule has 0 unspecified atom stereocenters. The van der Waals surface area contributed by atoms with Crippen LogP contribution in [-0.4, -0.2) is 46.9 Å². The van der Waals surface area contributed by atoms with Crippen molar-refractivity contribution < 1.29 is 17.8 Å². The van der Waals surface area contributed by atoms with Gasteiger partial charge in [0.05, 0.1) is 15.8 Å². The van der Waals surface area contributed by atoms with Crippen LogP contribution in [0.3, 0.4) is 0 Å². The van der Waals surface area contributed by atoms with Crippen molar-refractivity contribution in [2.45, 2.75) is 24.7 Å². The number of nitrogens with zero attached hydrogens (tertiary/aromatic N) is 2. The van der Waals surface area contributed by atoms with E-state index in [2.05, 4.69) is 0 Å². The quantitative estimate of drug-likeness (QED) is 0.295. The summed E-state index contributed by atoms with van der Waals surface area (Å²) in [7, 11) is -4.20. The maximum absolute atomic E-state index is 12.7. The van der Waals surface area contributed by atoms with Gasteiger partial charge < -0.3 is 9.45 Å². The summed E-state index contributed by atoms with van der Waals surface area (Å²) < 4.78 is 32.9. The normalized spacial score (nSPS) is 20.2. The summed E-state index contributed by atoms with van der Waals surface area (Å²) in [6.45, 7) is 2.95. The van der Waals surface area contributed by atoms with E-state index in [0.717, 1.165) is 15.6 Å². The second-order valence-corrected chi connectivity index (χ2v) is 9.94. The highest BCUT2D eigenvalue weighted by Gasteiger charge is 2.38. The van der Waals surface area contributed by atoms with Gasteiger partial charge in [-0.05, 0) is 31.9 Å². The van der Waals surface area contributed by atoms with Gasteiger partial charge in [-0.15, -0.1) is 0 Å². The molecule has 1 aromatic carbocycles. The predicted molar refractivity (Wildman–Crippen MR) is 108 cm³/mol. The Bertz CT molecular complexity index is 882. The number of hydrogen-bond acceptors (Lipinski definition) is 8. The first kappa shape index (κ1) is 19.7. The third kappa shape index (κ3) is 4.09. The van der Waals surface area contributed by atoms with Gasteiger partial charge in [0.25, 0.3) is 5.91 Å². The smallest absolute Gasteiger partial charge is 0.268 e. The Balaban J connectivity index is 1.86. The van der Waals surface area contributed by atoms with Crippen molar-refractivity contribution in [2.75, 3.05) is 23.7 Å². The van der Waals surface area contributed by atoms with Crippen molar-refractivity contribution in [1.29, 1.82) is 0 Å². The minimum atomic E-state index is -4.20. The lowest BCUT2D eigenvalue weighted by molar-refractivity contribution is -0.122. The molecular formula is C16H17N2O4S4-. The Labute approximate surface area is 166 Å². The number of thiocarbonyl (C=S) groups is 1. The molecule has 0 radical (unpaired) electrons. The number of fused-ring (bicyclic) bond motifs is 1. The molecule has 0 N–H and O–H groups in total. The van der Waals surface area contributed by atoms with Crippen molar-refractivity contribution >= 4 is 61.8 Å². The lowest BCUT2D eigenvalue weighted by Crippen LogP contribution is -2.28. The SMILES string of the molecule is CCN1C(=O)/C(=C2\Sc3ccccc3N2CCCCS(=O)(=O)[O-])SC1=S.